The van der Waals surface area contributed by atoms with Gasteiger partial charge in [-0.1, -0.05) is 18.2 Å². The van der Waals surface area contributed by atoms with Crippen LogP contribution in [0, 0.1) is 0 Å². The number of fused-ring (bicyclic) bond motifs is 2. The Morgan fingerprint density at radius 1 is 1.25 bits per heavy atom. The minimum absolute atomic E-state index is 0.0781. The molecule has 2 aliphatic rings. The van der Waals surface area contributed by atoms with Crippen LogP contribution in [0.5, 0.6) is 0 Å². The molecule has 0 aliphatic carbocycles. The molecule has 3 rings (SSSR count). The lowest BCUT2D eigenvalue weighted by Gasteiger charge is -2.45. The van der Waals surface area contributed by atoms with Crippen LogP contribution >= 0.6 is 0 Å². The van der Waals surface area contributed by atoms with E-state index in [0.717, 1.165) is 11.3 Å². The molecule has 1 N–H and O–H groups in total. The maximum atomic E-state index is 13.1. The molecule has 0 aromatic heterocycles. The Balaban J connectivity index is 1.87. The minimum Gasteiger partial charge on any atom is -0.465 e. The minimum atomic E-state index is -0.995. The number of carbonyl (C=O) groups is 2. The molecule has 0 bridgehead atoms. The predicted octanol–water partition coefficient (Wildman–Crippen LogP) is 1.66. The fraction of sp³-hybridized carbons (Fsp3) is 0.529. The van der Waals surface area contributed by atoms with E-state index in [2.05, 4.69) is 0 Å². The molecule has 0 radical (unpaired) electrons. The third-order valence-corrected chi connectivity index (χ3v) is 4.59. The Morgan fingerprint density at radius 3 is 2.46 bits per heavy atom. The number of rotatable bonds is 6. The summed E-state index contributed by atoms with van der Waals surface area (Å²) in [5, 5.41) is 9.12. The number of hydrogen-bond acceptors (Lipinski definition) is 4. The van der Waals surface area contributed by atoms with Crippen LogP contribution in [0.15, 0.2) is 24.3 Å². The van der Waals surface area contributed by atoms with Gasteiger partial charge >= 0.3 is 6.09 Å². The highest BCUT2D eigenvalue weighted by atomic mass is 16.7. The van der Waals surface area contributed by atoms with Gasteiger partial charge in [-0.3, -0.25) is 4.79 Å². The molecule has 2 aliphatic heterocycles. The highest BCUT2D eigenvalue weighted by Crippen LogP contribution is 2.47. The van der Waals surface area contributed by atoms with Gasteiger partial charge in [-0.05, 0) is 25.5 Å². The number of carbonyl (C=O) groups excluding carboxylic acids is 1. The SMILES string of the molecule is CCOC(CN1C(=O)C2(CN(C(=O)O)C2)c2ccccc21)OCC. The molecule has 1 aromatic carbocycles. The van der Waals surface area contributed by atoms with Crippen LogP contribution in [0.4, 0.5) is 10.5 Å². The Kier molecular flexibility index (Phi) is 4.47. The molecule has 2 amide bonds. The predicted molar refractivity (Wildman–Crippen MR) is 87.1 cm³/mol. The summed E-state index contributed by atoms with van der Waals surface area (Å²) in [6.45, 7) is 5.43. The molecular weight excluding hydrogens is 312 g/mol. The summed E-state index contributed by atoms with van der Waals surface area (Å²) in [5.74, 6) is -0.0781. The highest BCUT2D eigenvalue weighted by Gasteiger charge is 2.59. The number of anilines is 1. The fourth-order valence-corrected chi connectivity index (χ4v) is 3.50. The molecule has 1 aromatic rings. The average molecular weight is 334 g/mol. The zero-order valence-corrected chi connectivity index (χ0v) is 13.9. The van der Waals surface area contributed by atoms with Gasteiger partial charge in [0.2, 0.25) is 5.91 Å². The summed E-state index contributed by atoms with van der Waals surface area (Å²) >= 11 is 0. The maximum absolute atomic E-state index is 13.1. The molecule has 1 fully saturated rings. The summed E-state index contributed by atoms with van der Waals surface area (Å²) in [5.41, 5.74) is 0.939. The number of likely N-dealkylation sites (tertiary alicyclic amines) is 1. The molecule has 7 heteroatoms. The smallest absolute Gasteiger partial charge is 0.407 e. The molecule has 0 unspecified atom stereocenters. The molecule has 130 valence electrons. The zero-order chi connectivity index (χ0) is 17.3. The molecular formula is C17H22N2O5. The van der Waals surface area contributed by atoms with E-state index in [1.165, 1.54) is 4.90 Å². The first-order valence-corrected chi connectivity index (χ1v) is 8.16. The number of carboxylic acid groups (broad SMARTS) is 1. The van der Waals surface area contributed by atoms with E-state index in [1.54, 1.807) is 4.90 Å². The number of benzene rings is 1. The Morgan fingerprint density at radius 2 is 1.88 bits per heavy atom. The van der Waals surface area contributed by atoms with Crippen molar-refractivity contribution in [3.8, 4) is 0 Å². The van der Waals surface area contributed by atoms with Crippen LogP contribution in [0.1, 0.15) is 19.4 Å². The van der Waals surface area contributed by atoms with E-state index < -0.39 is 17.8 Å². The first kappa shape index (κ1) is 16.7. The van der Waals surface area contributed by atoms with Crippen molar-refractivity contribution in [1.82, 2.24) is 4.90 Å². The van der Waals surface area contributed by atoms with Crippen molar-refractivity contribution >= 4 is 17.7 Å². The first-order chi connectivity index (χ1) is 11.5. The van der Waals surface area contributed by atoms with Gasteiger partial charge in [-0.15, -0.1) is 0 Å². The summed E-state index contributed by atoms with van der Waals surface area (Å²) in [4.78, 5) is 27.1. The zero-order valence-electron chi connectivity index (χ0n) is 13.9. The Bertz CT molecular complexity index is 636. The standard InChI is InChI=1S/C17H22N2O5/c1-3-23-14(24-4-2)9-19-13-8-6-5-7-12(13)17(15(19)20)10-18(11-17)16(21)22/h5-8,14H,3-4,9-11H2,1-2H3,(H,21,22). The van der Waals surface area contributed by atoms with E-state index in [0.29, 0.717) is 19.8 Å². The molecule has 24 heavy (non-hydrogen) atoms. The molecule has 1 spiro atoms. The van der Waals surface area contributed by atoms with Gasteiger partial charge in [0, 0.05) is 32.0 Å². The molecule has 1 saturated heterocycles. The van der Waals surface area contributed by atoms with Gasteiger partial charge in [-0.25, -0.2) is 4.79 Å². The third kappa shape index (κ3) is 2.53. The van der Waals surface area contributed by atoms with Gasteiger partial charge in [0.15, 0.2) is 6.29 Å². The summed E-state index contributed by atoms with van der Waals surface area (Å²) in [6.07, 6.45) is -1.49. The largest absolute Gasteiger partial charge is 0.465 e. The van der Waals surface area contributed by atoms with E-state index in [4.69, 9.17) is 14.6 Å². The lowest BCUT2D eigenvalue weighted by atomic mass is 9.75. The number of ether oxygens (including phenoxy) is 2. The number of amides is 2. The normalized spacial score (nSPS) is 18.2. The van der Waals surface area contributed by atoms with Gasteiger partial charge in [-0.2, -0.15) is 0 Å². The molecule has 7 nitrogen and oxygen atoms in total. The molecule has 0 atom stereocenters. The van der Waals surface area contributed by atoms with Crippen molar-refractivity contribution in [3.05, 3.63) is 29.8 Å². The highest BCUT2D eigenvalue weighted by molar-refractivity contribution is 6.09. The second kappa shape index (κ2) is 6.41. The second-order valence-corrected chi connectivity index (χ2v) is 5.99. The quantitative estimate of drug-likeness (QED) is 0.801. The Hall–Kier alpha value is -2.12. The topological polar surface area (TPSA) is 79.3 Å². The fourth-order valence-electron chi connectivity index (χ4n) is 3.50. The van der Waals surface area contributed by atoms with E-state index in [9.17, 15) is 9.59 Å². The lowest BCUT2D eigenvalue weighted by Crippen LogP contribution is -2.65. The number of para-hydroxylation sites is 1. The third-order valence-electron chi connectivity index (χ3n) is 4.59. The van der Waals surface area contributed by atoms with Crippen molar-refractivity contribution in [1.29, 1.82) is 0 Å². The van der Waals surface area contributed by atoms with Crippen LogP contribution < -0.4 is 4.90 Å². The van der Waals surface area contributed by atoms with E-state index in [1.807, 2.05) is 38.1 Å². The molecule has 2 heterocycles. The summed E-state index contributed by atoms with van der Waals surface area (Å²) in [7, 11) is 0. The van der Waals surface area contributed by atoms with Gasteiger partial charge in [0.1, 0.15) is 5.41 Å². The monoisotopic (exact) mass is 334 g/mol. The van der Waals surface area contributed by atoms with E-state index >= 15 is 0 Å². The first-order valence-electron chi connectivity index (χ1n) is 8.16. The van der Waals surface area contributed by atoms with Crippen LogP contribution in [-0.2, 0) is 19.7 Å². The van der Waals surface area contributed by atoms with Gasteiger partial charge in [0.05, 0.1) is 6.54 Å². The van der Waals surface area contributed by atoms with Crippen LogP contribution in [0.25, 0.3) is 0 Å². The van der Waals surface area contributed by atoms with Crippen LogP contribution in [0.3, 0.4) is 0 Å². The second-order valence-electron chi connectivity index (χ2n) is 5.99. The average Bonchev–Trinajstić information content (AvgIpc) is 2.75. The number of hydrogen-bond donors (Lipinski definition) is 1. The molecule has 0 saturated carbocycles. The summed E-state index contributed by atoms with van der Waals surface area (Å²) < 4.78 is 11.1. The summed E-state index contributed by atoms with van der Waals surface area (Å²) in [6, 6.07) is 7.55. The maximum Gasteiger partial charge on any atom is 0.407 e. The van der Waals surface area contributed by atoms with Crippen molar-refractivity contribution in [2.75, 3.05) is 37.7 Å². The van der Waals surface area contributed by atoms with E-state index in [-0.39, 0.29) is 19.0 Å². The Labute approximate surface area is 140 Å². The number of nitrogens with zero attached hydrogens (tertiary/aromatic N) is 2. The lowest BCUT2D eigenvalue weighted by molar-refractivity contribution is -0.139. The van der Waals surface area contributed by atoms with Gasteiger partial charge in [0.25, 0.3) is 0 Å². The van der Waals surface area contributed by atoms with Crippen molar-refractivity contribution in [2.45, 2.75) is 25.6 Å². The van der Waals surface area contributed by atoms with Crippen LogP contribution in [0.2, 0.25) is 0 Å². The van der Waals surface area contributed by atoms with Crippen LogP contribution in [-0.4, -0.2) is 61.1 Å². The van der Waals surface area contributed by atoms with Crippen molar-refractivity contribution in [2.24, 2.45) is 0 Å². The van der Waals surface area contributed by atoms with Crippen molar-refractivity contribution < 1.29 is 24.2 Å². The van der Waals surface area contributed by atoms with Crippen molar-refractivity contribution in [3.63, 3.8) is 0 Å². The van der Waals surface area contributed by atoms with Gasteiger partial charge < -0.3 is 24.4 Å².